The maximum atomic E-state index is 13.6. The van der Waals surface area contributed by atoms with Crippen LogP contribution in [-0.4, -0.2) is 85.7 Å². The molecule has 6 atom stereocenters. The Bertz CT molecular complexity index is 1650. The number of likely N-dealkylation sites (tertiary alicyclic amines) is 1. The molecule has 0 radical (unpaired) electrons. The minimum atomic E-state index is -3.93. The molecule has 2 fully saturated rings. The van der Waals surface area contributed by atoms with Gasteiger partial charge >= 0.3 is 11.9 Å². The Hall–Kier alpha value is -2.63. The van der Waals surface area contributed by atoms with E-state index < -0.39 is 40.1 Å². The summed E-state index contributed by atoms with van der Waals surface area (Å²) >= 11 is 13.5. The number of benzene rings is 2. The molecule has 1 saturated heterocycles. The van der Waals surface area contributed by atoms with Gasteiger partial charge in [0.2, 0.25) is 15.9 Å². The number of carbonyl (C=O) groups is 3. The molecule has 274 valence electrons. The van der Waals surface area contributed by atoms with Crippen LogP contribution in [0.5, 0.6) is 0 Å². The van der Waals surface area contributed by atoms with Crippen molar-refractivity contribution in [3.8, 4) is 0 Å². The number of carboxylic acid groups (broad SMARTS) is 1. The van der Waals surface area contributed by atoms with E-state index in [1.807, 2.05) is 0 Å². The fraction of sp³-hybridized carbons (Fsp3) is 0.545. The SMILES string of the molecule is CCOC(=O)[C@H](COCc1ccc(CNS(=O)(=O)c2cc3c(cc2Cl)NC(CCl)NS3)cc1)N[C@@H](C)C(=O)N1[C@@H]2CCCC[C@@H]2C[C@H]1C(=O)O. The molecule has 5 N–H and O–H groups in total. The molecule has 1 amide bonds. The van der Waals surface area contributed by atoms with E-state index >= 15 is 0 Å². The van der Waals surface area contributed by atoms with E-state index in [0.29, 0.717) is 28.4 Å². The smallest absolute Gasteiger partial charge is 0.326 e. The molecule has 13 nitrogen and oxygen atoms in total. The molecule has 2 heterocycles. The number of carbonyl (C=O) groups excluding carboxylic acids is 2. The molecule has 1 saturated carbocycles. The van der Waals surface area contributed by atoms with Gasteiger partial charge in [0.15, 0.2) is 0 Å². The van der Waals surface area contributed by atoms with Crippen LogP contribution >= 0.6 is 35.1 Å². The van der Waals surface area contributed by atoms with Crippen molar-refractivity contribution in [3.05, 3.63) is 52.5 Å². The minimum Gasteiger partial charge on any atom is -0.480 e. The van der Waals surface area contributed by atoms with Crippen LogP contribution in [0.4, 0.5) is 5.69 Å². The van der Waals surface area contributed by atoms with Crippen LogP contribution in [0.2, 0.25) is 5.02 Å². The fourth-order valence-electron chi connectivity index (χ4n) is 6.69. The van der Waals surface area contributed by atoms with Crippen LogP contribution in [0.15, 0.2) is 46.2 Å². The average Bonchev–Trinajstić information content (AvgIpc) is 3.50. The van der Waals surface area contributed by atoms with Crippen LogP contribution in [0.3, 0.4) is 0 Å². The second-order valence-corrected chi connectivity index (χ2v) is 16.0. The van der Waals surface area contributed by atoms with Gasteiger partial charge in [-0.3, -0.25) is 14.9 Å². The lowest BCUT2D eigenvalue weighted by atomic mass is 9.84. The van der Waals surface area contributed by atoms with E-state index in [-0.39, 0.29) is 60.3 Å². The van der Waals surface area contributed by atoms with E-state index in [1.54, 1.807) is 44.2 Å². The molecule has 2 aromatic carbocycles. The van der Waals surface area contributed by atoms with E-state index in [1.165, 1.54) is 22.9 Å². The van der Waals surface area contributed by atoms with Crippen molar-refractivity contribution >= 4 is 68.7 Å². The molecule has 50 heavy (non-hydrogen) atoms. The number of rotatable bonds is 15. The second-order valence-electron chi connectivity index (χ2n) is 12.6. The Balaban J connectivity index is 1.15. The molecule has 2 aromatic rings. The standard InChI is InChI=1S/C33H43Cl2N5O8S2/c1-3-48-33(44)25(37-19(2)31(41)40-26-7-5-4-6-22(26)12-27(40)32(42)43)18-47-17-21-10-8-20(9-11-21)16-36-50(45,46)29-14-28-24(13-23(29)35)38-30(15-34)39-49-28/h8-11,13-14,19,22,25-27,30,36-39H,3-7,12,15-18H2,1-2H3,(H,42,43)/t19-,22+,25-,26+,27-,30?/m0/s1. The van der Waals surface area contributed by atoms with Gasteiger partial charge in [-0.05, 0) is 74.2 Å². The predicted octanol–water partition coefficient (Wildman–Crippen LogP) is 4.08. The highest BCUT2D eigenvalue weighted by Gasteiger charge is 2.48. The third-order valence-corrected chi connectivity index (χ3v) is 12.3. The highest BCUT2D eigenvalue weighted by molar-refractivity contribution is 7.97. The molecule has 17 heteroatoms. The first-order valence-electron chi connectivity index (χ1n) is 16.6. The van der Waals surface area contributed by atoms with Gasteiger partial charge in [0.05, 0.1) is 42.5 Å². The Kier molecular flexibility index (Phi) is 13.3. The Labute approximate surface area is 306 Å². The van der Waals surface area contributed by atoms with Crippen LogP contribution in [0.1, 0.15) is 57.1 Å². The summed E-state index contributed by atoms with van der Waals surface area (Å²) in [5, 5.41) is 16.1. The van der Waals surface area contributed by atoms with Crippen LogP contribution < -0.4 is 20.1 Å². The van der Waals surface area contributed by atoms with Crippen LogP contribution in [0.25, 0.3) is 0 Å². The number of anilines is 1. The summed E-state index contributed by atoms with van der Waals surface area (Å²) in [5.41, 5.74) is 2.18. The maximum Gasteiger partial charge on any atom is 0.326 e. The number of carboxylic acids is 1. The number of ether oxygens (including phenoxy) is 2. The van der Waals surface area contributed by atoms with Gasteiger partial charge in [0, 0.05) is 17.5 Å². The highest BCUT2D eigenvalue weighted by atomic mass is 35.5. The zero-order valence-electron chi connectivity index (χ0n) is 27.8. The molecule has 3 aliphatic rings. The van der Waals surface area contributed by atoms with Crippen molar-refractivity contribution in [3.63, 3.8) is 0 Å². The summed E-state index contributed by atoms with van der Waals surface area (Å²) < 4.78 is 43.0. The summed E-state index contributed by atoms with van der Waals surface area (Å²) in [7, 11) is -3.93. The molecule has 0 spiro atoms. The highest BCUT2D eigenvalue weighted by Crippen LogP contribution is 2.40. The number of alkyl halides is 1. The number of halogens is 2. The van der Waals surface area contributed by atoms with Gasteiger partial charge in [-0.1, -0.05) is 48.7 Å². The predicted molar refractivity (Wildman–Crippen MR) is 190 cm³/mol. The number of amides is 1. The number of nitrogens with zero attached hydrogens (tertiary/aromatic N) is 1. The molecule has 5 rings (SSSR count). The average molecular weight is 773 g/mol. The second kappa shape index (κ2) is 17.3. The van der Waals surface area contributed by atoms with Crippen molar-refractivity contribution in [2.24, 2.45) is 5.92 Å². The van der Waals surface area contributed by atoms with Crippen LogP contribution in [0, 0.1) is 5.92 Å². The Morgan fingerprint density at radius 3 is 2.56 bits per heavy atom. The van der Waals surface area contributed by atoms with E-state index in [0.717, 1.165) is 31.2 Å². The van der Waals surface area contributed by atoms with Gasteiger partial charge in [0.25, 0.3) is 0 Å². The molecule has 1 unspecified atom stereocenters. The third-order valence-electron chi connectivity index (χ3n) is 9.18. The van der Waals surface area contributed by atoms with Crippen molar-refractivity contribution in [2.75, 3.05) is 24.4 Å². The molecular formula is C33H43Cl2N5O8S2. The summed E-state index contributed by atoms with van der Waals surface area (Å²) in [6.07, 6.45) is 3.94. The van der Waals surface area contributed by atoms with Gasteiger partial charge in [-0.15, -0.1) is 11.6 Å². The van der Waals surface area contributed by atoms with Crippen LogP contribution in [-0.2, 0) is 47.0 Å². The van der Waals surface area contributed by atoms with Gasteiger partial charge in [0.1, 0.15) is 23.1 Å². The van der Waals surface area contributed by atoms with Gasteiger partial charge < -0.3 is 24.8 Å². The summed E-state index contributed by atoms with van der Waals surface area (Å²) in [4.78, 5) is 40.6. The zero-order valence-corrected chi connectivity index (χ0v) is 31.0. The largest absolute Gasteiger partial charge is 0.480 e. The summed E-state index contributed by atoms with van der Waals surface area (Å²) in [6.45, 7) is 3.52. The van der Waals surface area contributed by atoms with E-state index in [2.05, 4.69) is 20.1 Å². The lowest BCUT2D eigenvalue weighted by Crippen LogP contribution is -2.56. The number of esters is 1. The lowest BCUT2D eigenvalue weighted by Gasteiger charge is -2.35. The van der Waals surface area contributed by atoms with Crippen molar-refractivity contribution in [2.45, 2.75) is 99.2 Å². The lowest BCUT2D eigenvalue weighted by molar-refractivity contribution is -0.152. The number of hydrogen-bond acceptors (Lipinski definition) is 11. The van der Waals surface area contributed by atoms with E-state index in [9.17, 15) is 27.9 Å². The minimum absolute atomic E-state index is 0.0248. The molecule has 0 bridgehead atoms. The Morgan fingerprint density at radius 2 is 1.86 bits per heavy atom. The number of fused-ring (bicyclic) bond motifs is 2. The number of sulfonamides is 1. The quantitative estimate of drug-likeness (QED) is 0.0999. The summed E-state index contributed by atoms with van der Waals surface area (Å²) in [6, 6.07) is 7.39. The van der Waals surface area contributed by atoms with E-state index in [4.69, 9.17) is 32.7 Å². The number of nitrogens with one attached hydrogen (secondary N) is 4. The molecule has 2 aliphatic heterocycles. The number of aliphatic carboxylic acids is 1. The normalized spacial score (nSPS) is 22.9. The first-order valence-corrected chi connectivity index (χ1v) is 19.8. The third kappa shape index (κ3) is 9.23. The monoisotopic (exact) mass is 771 g/mol. The first-order chi connectivity index (χ1) is 23.9. The van der Waals surface area contributed by atoms with Gasteiger partial charge in [-0.2, -0.15) is 0 Å². The zero-order chi connectivity index (χ0) is 36.0. The first kappa shape index (κ1) is 38.6. The van der Waals surface area contributed by atoms with Gasteiger partial charge in [-0.25, -0.2) is 22.7 Å². The Morgan fingerprint density at radius 1 is 1.14 bits per heavy atom. The topological polar surface area (TPSA) is 175 Å². The molecule has 0 aromatic heterocycles. The van der Waals surface area contributed by atoms with Crippen molar-refractivity contribution < 1.29 is 37.4 Å². The summed E-state index contributed by atoms with van der Waals surface area (Å²) in [5.74, 6) is -1.45. The molecule has 1 aliphatic carbocycles. The number of hydrogen-bond donors (Lipinski definition) is 5. The maximum absolute atomic E-state index is 13.6. The van der Waals surface area contributed by atoms with Crippen molar-refractivity contribution in [1.29, 1.82) is 0 Å². The molecular weight excluding hydrogens is 729 g/mol. The fourth-order valence-corrected chi connectivity index (χ4v) is 9.39. The van der Waals surface area contributed by atoms with Crippen molar-refractivity contribution in [1.82, 2.24) is 19.7 Å².